The molecule has 0 saturated carbocycles. The smallest absolute Gasteiger partial charge is 0.0183 e. The van der Waals surface area contributed by atoms with Gasteiger partial charge in [0.25, 0.3) is 0 Å². The lowest BCUT2D eigenvalue weighted by Gasteiger charge is -2.09. The summed E-state index contributed by atoms with van der Waals surface area (Å²) in [6.45, 7) is 3.23. The van der Waals surface area contributed by atoms with Gasteiger partial charge in [-0.15, -0.1) is 0 Å². The molecule has 0 aromatic heterocycles. The number of hydrogen-bond acceptors (Lipinski definition) is 1. The zero-order valence-corrected chi connectivity index (χ0v) is 9.55. The first-order valence-electron chi connectivity index (χ1n) is 4.66. The summed E-state index contributed by atoms with van der Waals surface area (Å²) in [7, 11) is 0. The lowest BCUT2D eigenvalue weighted by molar-refractivity contribution is 0.599. The van der Waals surface area contributed by atoms with Gasteiger partial charge < -0.3 is 5.32 Å². The Bertz CT molecular complexity index is 223. The summed E-state index contributed by atoms with van der Waals surface area (Å²) < 4.78 is 0. The number of rotatable bonds is 5. The maximum atomic E-state index is 3.44. The van der Waals surface area contributed by atoms with Crippen molar-refractivity contribution in [3.8, 4) is 0 Å². The van der Waals surface area contributed by atoms with Crippen molar-refractivity contribution in [1.82, 2.24) is 5.32 Å². The third kappa shape index (κ3) is 4.44. The fourth-order valence-corrected chi connectivity index (χ4v) is 1.39. The molecule has 1 aromatic rings. The molecule has 0 aliphatic rings. The quantitative estimate of drug-likeness (QED) is 0.782. The van der Waals surface area contributed by atoms with Crippen molar-refractivity contribution in [3.63, 3.8) is 0 Å². The second-order valence-corrected chi connectivity index (χ2v) is 3.89. The van der Waals surface area contributed by atoms with Gasteiger partial charge >= 0.3 is 0 Å². The summed E-state index contributed by atoms with van der Waals surface area (Å²) >= 11 is 3.44. The van der Waals surface area contributed by atoms with Crippen molar-refractivity contribution < 1.29 is 0 Å². The predicted molar refractivity (Wildman–Crippen MR) is 61.4 cm³/mol. The lowest BCUT2D eigenvalue weighted by atomic mass is 10.1. The Kier molecular flexibility index (Phi) is 5.09. The second-order valence-electron chi connectivity index (χ2n) is 3.25. The molecule has 1 nitrogen and oxygen atoms in total. The fourth-order valence-electron chi connectivity index (χ4n) is 1.16. The van der Waals surface area contributed by atoms with Crippen LogP contribution in [0.15, 0.2) is 30.3 Å². The molecule has 0 aliphatic carbocycles. The van der Waals surface area contributed by atoms with Crippen molar-refractivity contribution in [1.29, 1.82) is 0 Å². The standard InChI is InChI=1S/C11H16BrN/c1-10(9-12)13-8-7-11-5-3-2-4-6-11/h2-6,10,13H,7-9H2,1H3. The zero-order valence-electron chi connectivity index (χ0n) is 7.96. The van der Waals surface area contributed by atoms with Crippen LogP contribution < -0.4 is 5.32 Å². The molecular formula is C11H16BrN. The van der Waals surface area contributed by atoms with Gasteiger partial charge in [-0.3, -0.25) is 0 Å². The van der Waals surface area contributed by atoms with E-state index in [2.05, 4.69) is 58.5 Å². The van der Waals surface area contributed by atoms with E-state index in [0.29, 0.717) is 6.04 Å². The minimum Gasteiger partial charge on any atom is -0.313 e. The molecule has 2 heteroatoms. The third-order valence-corrected chi connectivity index (χ3v) is 2.95. The van der Waals surface area contributed by atoms with E-state index in [4.69, 9.17) is 0 Å². The van der Waals surface area contributed by atoms with Gasteiger partial charge in [0.15, 0.2) is 0 Å². The summed E-state index contributed by atoms with van der Waals surface area (Å²) in [6, 6.07) is 11.1. The highest BCUT2D eigenvalue weighted by molar-refractivity contribution is 9.09. The first kappa shape index (κ1) is 10.7. The van der Waals surface area contributed by atoms with Crippen LogP contribution in [0, 0.1) is 0 Å². The number of benzene rings is 1. The van der Waals surface area contributed by atoms with Crippen LogP contribution in [0.3, 0.4) is 0 Å². The summed E-state index contributed by atoms with van der Waals surface area (Å²) in [4.78, 5) is 0. The van der Waals surface area contributed by atoms with Crippen LogP contribution in [0.1, 0.15) is 12.5 Å². The van der Waals surface area contributed by atoms with E-state index >= 15 is 0 Å². The van der Waals surface area contributed by atoms with Gasteiger partial charge in [-0.2, -0.15) is 0 Å². The number of nitrogens with one attached hydrogen (secondary N) is 1. The lowest BCUT2D eigenvalue weighted by Crippen LogP contribution is -2.29. The fraction of sp³-hybridized carbons (Fsp3) is 0.455. The molecule has 1 rings (SSSR count). The maximum Gasteiger partial charge on any atom is 0.0183 e. The van der Waals surface area contributed by atoms with E-state index in [1.54, 1.807) is 0 Å². The Labute approximate surface area is 88.7 Å². The van der Waals surface area contributed by atoms with Crippen molar-refractivity contribution >= 4 is 15.9 Å². The molecule has 1 aromatic carbocycles. The Morgan fingerprint density at radius 3 is 2.62 bits per heavy atom. The van der Waals surface area contributed by atoms with Crippen LogP contribution in [0.2, 0.25) is 0 Å². The Morgan fingerprint density at radius 1 is 1.31 bits per heavy atom. The monoisotopic (exact) mass is 241 g/mol. The number of halogens is 1. The van der Waals surface area contributed by atoms with Crippen LogP contribution in [-0.4, -0.2) is 17.9 Å². The SMILES string of the molecule is CC(CBr)NCCc1ccccc1. The van der Waals surface area contributed by atoms with Crippen molar-refractivity contribution in [2.45, 2.75) is 19.4 Å². The van der Waals surface area contributed by atoms with Gasteiger partial charge in [0.05, 0.1) is 0 Å². The van der Waals surface area contributed by atoms with Crippen LogP contribution in [-0.2, 0) is 6.42 Å². The molecule has 0 saturated heterocycles. The van der Waals surface area contributed by atoms with E-state index in [0.717, 1.165) is 18.3 Å². The molecule has 1 atom stereocenters. The van der Waals surface area contributed by atoms with E-state index in [1.807, 2.05) is 0 Å². The van der Waals surface area contributed by atoms with Crippen LogP contribution in [0.4, 0.5) is 0 Å². The largest absolute Gasteiger partial charge is 0.313 e. The van der Waals surface area contributed by atoms with Gasteiger partial charge in [-0.25, -0.2) is 0 Å². The molecule has 0 aliphatic heterocycles. The number of alkyl halides is 1. The van der Waals surface area contributed by atoms with E-state index in [1.165, 1.54) is 5.56 Å². The molecule has 13 heavy (non-hydrogen) atoms. The van der Waals surface area contributed by atoms with Gasteiger partial charge in [0.1, 0.15) is 0 Å². The first-order chi connectivity index (χ1) is 6.33. The molecule has 0 spiro atoms. The van der Waals surface area contributed by atoms with E-state index in [9.17, 15) is 0 Å². The zero-order chi connectivity index (χ0) is 9.52. The van der Waals surface area contributed by atoms with Crippen LogP contribution in [0.5, 0.6) is 0 Å². The van der Waals surface area contributed by atoms with Gasteiger partial charge in [-0.1, -0.05) is 46.3 Å². The van der Waals surface area contributed by atoms with Gasteiger partial charge in [0.2, 0.25) is 0 Å². The Morgan fingerprint density at radius 2 is 2.00 bits per heavy atom. The highest BCUT2D eigenvalue weighted by Gasteiger charge is 1.97. The minimum atomic E-state index is 0.559. The summed E-state index contributed by atoms with van der Waals surface area (Å²) in [5.41, 5.74) is 1.40. The highest BCUT2D eigenvalue weighted by atomic mass is 79.9. The first-order valence-corrected chi connectivity index (χ1v) is 5.78. The number of hydrogen-bond donors (Lipinski definition) is 1. The van der Waals surface area contributed by atoms with Crippen LogP contribution in [0.25, 0.3) is 0 Å². The molecule has 0 radical (unpaired) electrons. The molecule has 0 heterocycles. The highest BCUT2D eigenvalue weighted by Crippen LogP contribution is 1.98. The molecule has 0 amide bonds. The summed E-state index contributed by atoms with van der Waals surface area (Å²) in [5, 5.41) is 4.45. The van der Waals surface area contributed by atoms with E-state index in [-0.39, 0.29) is 0 Å². The van der Waals surface area contributed by atoms with E-state index < -0.39 is 0 Å². The van der Waals surface area contributed by atoms with Crippen molar-refractivity contribution in [3.05, 3.63) is 35.9 Å². The van der Waals surface area contributed by atoms with Crippen LogP contribution >= 0.6 is 15.9 Å². The topological polar surface area (TPSA) is 12.0 Å². The molecular weight excluding hydrogens is 226 g/mol. The van der Waals surface area contributed by atoms with Crippen molar-refractivity contribution in [2.75, 3.05) is 11.9 Å². The maximum absolute atomic E-state index is 3.44. The normalized spacial score (nSPS) is 12.8. The van der Waals surface area contributed by atoms with Gasteiger partial charge in [-0.05, 0) is 25.5 Å². The molecule has 0 fully saturated rings. The Balaban J connectivity index is 2.20. The van der Waals surface area contributed by atoms with Gasteiger partial charge in [0, 0.05) is 11.4 Å². The Hall–Kier alpha value is -0.340. The average molecular weight is 242 g/mol. The molecule has 0 bridgehead atoms. The predicted octanol–water partition coefficient (Wildman–Crippen LogP) is 2.60. The third-order valence-electron chi connectivity index (χ3n) is 1.98. The summed E-state index contributed by atoms with van der Waals surface area (Å²) in [5.74, 6) is 0. The second kappa shape index (κ2) is 6.17. The molecule has 72 valence electrons. The van der Waals surface area contributed by atoms with Crippen molar-refractivity contribution in [2.24, 2.45) is 0 Å². The molecule has 1 unspecified atom stereocenters. The minimum absolute atomic E-state index is 0.559. The average Bonchev–Trinajstić information content (AvgIpc) is 2.19. The molecule has 1 N–H and O–H groups in total. The summed E-state index contributed by atoms with van der Waals surface area (Å²) in [6.07, 6.45) is 1.11.